The second-order valence-corrected chi connectivity index (χ2v) is 6.74. The zero-order chi connectivity index (χ0) is 19.1. The van der Waals surface area contributed by atoms with E-state index in [1.54, 1.807) is 30.0 Å². The first kappa shape index (κ1) is 19.4. The number of nitrogens with zero attached hydrogens (tertiary/aromatic N) is 1. The Morgan fingerprint density at radius 3 is 2.54 bits per heavy atom. The number of carboxylic acid groups (broad SMARTS) is 1. The normalized spacial score (nSPS) is 9.96. The number of rotatable bonds is 5. The molecule has 0 aliphatic rings. The molecule has 0 aliphatic carbocycles. The van der Waals surface area contributed by atoms with E-state index in [2.05, 4.69) is 43.9 Å². The molecule has 0 unspecified atom stereocenters. The van der Waals surface area contributed by atoms with Crippen LogP contribution in [0.4, 0.5) is 0 Å². The van der Waals surface area contributed by atoms with Crippen molar-refractivity contribution in [2.24, 2.45) is 0 Å². The summed E-state index contributed by atoms with van der Waals surface area (Å²) < 4.78 is 5.29. The van der Waals surface area contributed by atoms with Crippen LogP contribution in [-0.4, -0.2) is 23.9 Å². The van der Waals surface area contributed by atoms with E-state index >= 15 is 0 Å². The molecule has 132 valence electrons. The standard InChI is InChI=1S/C21H19NO3S/c1-14(2)19-8-7-18(26-3)11-16(19)5-6-17-10-15(12-22)4-9-20(17)25-13-21(23)24/h4,7-11,14H,13H2,1-3H3,(H,23,24). The summed E-state index contributed by atoms with van der Waals surface area (Å²) in [7, 11) is 0. The van der Waals surface area contributed by atoms with E-state index in [-0.39, 0.29) is 0 Å². The molecule has 0 amide bonds. The molecule has 0 aromatic heterocycles. The van der Waals surface area contributed by atoms with Crippen molar-refractivity contribution in [3.05, 3.63) is 58.7 Å². The van der Waals surface area contributed by atoms with Gasteiger partial charge in [-0.15, -0.1) is 11.8 Å². The molecule has 0 radical (unpaired) electrons. The highest BCUT2D eigenvalue weighted by atomic mass is 32.2. The van der Waals surface area contributed by atoms with Crippen molar-refractivity contribution < 1.29 is 14.6 Å². The van der Waals surface area contributed by atoms with Gasteiger partial charge in [0.1, 0.15) is 5.75 Å². The third-order valence-corrected chi connectivity index (χ3v) is 4.40. The first-order chi connectivity index (χ1) is 12.4. The number of nitriles is 1. The summed E-state index contributed by atoms with van der Waals surface area (Å²) in [5.74, 6) is 5.82. The lowest BCUT2D eigenvalue weighted by Crippen LogP contribution is -2.10. The van der Waals surface area contributed by atoms with Gasteiger partial charge in [0.25, 0.3) is 0 Å². The lowest BCUT2D eigenvalue weighted by Gasteiger charge is -2.10. The summed E-state index contributed by atoms with van der Waals surface area (Å²) in [5, 5.41) is 17.9. The summed E-state index contributed by atoms with van der Waals surface area (Å²) in [5.41, 5.74) is 2.99. The van der Waals surface area contributed by atoms with Crippen LogP contribution in [0, 0.1) is 23.2 Å². The van der Waals surface area contributed by atoms with Crippen molar-refractivity contribution in [3.63, 3.8) is 0 Å². The molecule has 4 nitrogen and oxygen atoms in total. The van der Waals surface area contributed by atoms with Crippen LogP contribution in [0.1, 0.15) is 42.0 Å². The molecular weight excluding hydrogens is 346 g/mol. The average molecular weight is 365 g/mol. The predicted molar refractivity (Wildman–Crippen MR) is 103 cm³/mol. The van der Waals surface area contributed by atoms with Gasteiger partial charge in [-0.25, -0.2) is 4.79 Å². The van der Waals surface area contributed by atoms with E-state index < -0.39 is 12.6 Å². The molecule has 26 heavy (non-hydrogen) atoms. The fourth-order valence-electron chi connectivity index (χ4n) is 2.37. The van der Waals surface area contributed by atoms with Crippen molar-refractivity contribution in [1.82, 2.24) is 0 Å². The Morgan fingerprint density at radius 1 is 1.19 bits per heavy atom. The Morgan fingerprint density at radius 2 is 1.92 bits per heavy atom. The first-order valence-electron chi connectivity index (χ1n) is 8.03. The van der Waals surface area contributed by atoms with Gasteiger partial charge in [-0.1, -0.05) is 31.8 Å². The molecule has 0 saturated carbocycles. The lowest BCUT2D eigenvalue weighted by molar-refractivity contribution is -0.139. The van der Waals surface area contributed by atoms with Crippen molar-refractivity contribution in [1.29, 1.82) is 5.26 Å². The van der Waals surface area contributed by atoms with E-state index in [0.29, 0.717) is 22.8 Å². The Hall–Kier alpha value is -2.89. The summed E-state index contributed by atoms with van der Waals surface area (Å²) in [6, 6.07) is 13.0. The molecule has 2 aromatic rings. The maximum absolute atomic E-state index is 10.8. The maximum atomic E-state index is 10.8. The van der Waals surface area contributed by atoms with E-state index in [1.165, 1.54) is 0 Å². The predicted octanol–water partition coefficient (Wildman–Crippen LogP) is 4.27. The van der Waals surface area contributed by atoms with Gasteiger partial charge in [0, 0.05) is 10.5 Å². The number of carboxylic acids is 1. The Bertz CT molecular complexity index is 917. The highest BCUT2D eigenvalue weighted by Crippen LogP contribution is 2.25. The summed E-state index contributed by atoms with van der Waals surface area (Å²) in [6.07, 6.45) is 2.01. The summed E-state index contributed by atoms with van der Waals surface area (Å²) in [6.45, 7) is 3.76. The van der Waals surface area contributed by atoms with Crippen LogP contribution in [0.5, 0.6) is 5.75 Å². The molecule has 0 atom stereocenters. The van der Waals surface area contributed by atoms with Crippen LogP contribution in [0.15, 0.2) is 41.3 Å². The van der Waals surface area contributed by atoms with Crippen molar-refractivity contribution in [2.45, 2.75) is 24.7 Å². The minimum Gasteiger partial charge on any atom is -0.481 e. The summed E-state index contributed by atoms with van der Waals surface area (Å²) in [4.78, 5) is 11.9. The Kier molecular flexibility index (Phi) is 6.72. The Balaban J connectivity index is 2.48. The molecule has 0 spiro atoms. The number of ether oxygens (including phenoxy) is 1. The van der Waals surface area contributed by atoms with Gasteiger partial charge < -0.3 is 9.84 Å². The fraction of sp³-hybridized carbons (Fsp3) is 0.238. The second-order valence-electron chi connectivity index (χ2n) is 5.86. The molecule has 1 N–H and O–H groups in total. The zero-order valence-electron chi connectivity index (χ0n) is 14.9. The van der Waals surface area contributed by atoms with Crippen LogP contribution in [0.25, 0.3) is 0 Å². The monoisotopic (exact) mass is 365 g/mol. The smallest absolute Gasteiger partial charge is 0.341 e. The third kappa shape index (κ3) is 5.05. The van der Waals surface area contributed by atoms with Gasteiger partial charge in [-0.2, -0.15) is 5.26 Å². The van der Waals surface area contributed by atoms with Crippen LogP contribution in [0.2, 0.25) is 0 Å². The highest BCUT2D eigenvalue weighted by Gasteiger charge is 2.08. The Labute approximate surface area is 157 Å². The lowest BCUT2D eigenvalue weighted by atomic mass is 9.97. The van der Waals surface area contributed by atoms with E-state index in [1.807, 2.05) is 12.3 Å². The second kappa shape index (κ2) is 8.99. The fourth-order valence-corrected chi connectivity index (χ4v) is 2.81. The minimum atomic E-state index is -1.07. The van der Waals surface area contributed by atoms with Crippen LogP contribution in [0.3, 0.4) is 0 Å². The van der Waals surface area contributed by atoms with Crippen molar-refractivity contribution in [2.75, 3.05) is 12.9 Å². The molecular formula is C21H19NO3S. The molecule has 2 aromatic carbocycles. The molecule has 0 heterocycles. The maximum Gasteiger partial charge on any atom is 0.341 e. The van der Waals surface area contributed by atoms with E-state index in [9.17, 15) is 4.79 Å². The molecule has 5 heteroatoms. The average Bonchev–Trinajstić information content (AvgIpc) is 2.64. The van der Waals surface area contributed by atoms with Gasteiger partial charge >= 0.3 is 5.97 Å². The van der Waals surface area contributed by atoms with Crippen molar-refractivity contribution >= 4 is 17.7 Å². The molecule has 0 fully saturated rings. The van der Waals surface area contributed by atoms with Gasteiger partial charge in [0.15, 0.2) is 6.61 Å². The first-order valence-corrected chi connectivity index (χ1v) is 9.25. The quantitative estimate of drug-likeness (QED) is 0.633. The molecule has 0 bridgehead atoms. The van der Waals surface area contributed by atoms with E-state index in [4.69, 9.17) is 15.1 Å². The molecule has 0 aliphatic heterocycles. The number of carbonyl (C=O) groups is 1. The van der Waals surface area contributed by atoms with Gasteiger partial charge in [0.05, 0.1) is 17.2 Å². The topological polar surface area (TPSA) is 70.3 Å². The number of hydrogen-bond donors (Lipinski definition) is 1. The van der Waals surface area contributed by atoms with Gasteiger partial charge in [-0.05, 0) is 48.1 Å². The number of hydrogen-bond acceptors (Lipinski definition) is 4. The van der Waals surface area contributed by atoms with Crippen molar-refractivity contribution in [3.8, 4) is 23.7 Å². The van der Waals surface area contributed by atoms with Crippen LogP contribution < -0.4 is 4.74 Å². The highest BCUT2D eigenvalue weighted by molar-refractivity contribution is 7.98. The SMILES string of the molecule is CSc1ccc(C(C)C)c(C#Cc2cc(C#N)ccc2OCC(=O)O)c1. The van der Waals surface area contributed by atoms with Gasteiger partial charge in [0.2, 0.25) is 0 Å². The van der Waals surface area contributed by atoms with Gasteiger partial charge in [-0.3, -0.25) is 0 Å². The number of thioether (sulfide) groups is 1. The molecule has 2 rings (SSSR count). The minimum absolute atomic E-state index is 0.323. The summed E-state index contributed by atoms with van der Waals surface area (Å²) >= 11 is 1.64. The number of aliphatic carboxylic acids is 1. The molecule has 0 saturated heterocycles. The van der Waals surface area contributed by atoms with Crippen LogP contribution >= 0.6 is 11.8 Å². The third-order valence-electron chi connectivity index (χ3n) is 3.67. The van der Waals surface area contributed by atoms with E-state index in [0.717, 1.165) is 16.0 Å². The zero-order valence-corrected chi connectivity index (χ0v) is 15.7. The largest absolute Gasteiger partial charge is 0.481 e. The van der Waals surface area contributed by atoms with Crippen LogP contribution in [-0.2, 0) is 4.79 Å². The number of benzene rings is 2.